The molecular weight excluding hydrogens is 428 g/mol. The van der Waals surface area contributed by atoms with Gasteiger partial charge >= 0.3 is 6.18 Å². The van der Waals surface area contributed by atoms with Crippen LogP contribution in [0.4, 0.5) is 17.6 Å². The molecule has 0 spiro atoms. The summed E-state index contributed by atoms with van der Waals surface area (Å²) in [7, 11) is 0. The summed E-state index contributed by atoms with van der Waals surface area (Å²) in [5.74, 6) is -1.69. The SMILES string of the molecule is Cc1cc(F)ccc1Oc1ccc(C(F)(F)F)cc1C(=O)NC1CC(=O)NC(Cl)C1. The first-order valence-electron chi connectivity index (χ1n) is 8.92. The second kappa shape index (κ2) is 8.51. The van der Waals surface area contributed by atoms with E-state index in [4.69, 9.17) is 16.3 Å². The van der Waals surface area contributed by atoms with Crippen LogP contribution in [0.3, 0.4) is 0 Å². The maximum atomic E-state index is 13.3. The standard InChI is InChI=1S/C20H17ClF4N2O3/c1-10-6-12(22)3-5-15(10)30-16-4-2-11(20(23,24)25)7-14(16)19(29)26-13-8-17(21)27-18(28)9-13/h2-7,13,17H,8-9H2,1H3,(H,26,29)(H,27,28). The van der Waals surface area contributed by atoms with Crippen molar-refractivity contribution in [2.24, 2.45) is 0 Å². The number of nitrogens with one attached hydrogen (secondary N) is 2. The number of ether oxygens (including phenoxy) is 1. The van der Waals surface area contributed by atoms with E-state index in [1.165, 1.54) is 12.1 Å². The van der Waals surface area contributed by atoms with Gasteiger partial charge in [0.2, 0.25) is 5.91 Å². The van der Waals surface area contributed by atoms with Crippen LogP contribution in [-0.4, -0.2) is 23.4 Å². The second-order valence-corrected chi connectivity index (χ2v) is 7.39. The van der Waals surface area contributed by atoms with Crippen molar-refractivity contribution in [2.75, 3.05) is 0 Å². The number of hydrogen-bond acceptors (Lipinski definition) is 3. The molecule has 0 bridgehead atoms. The third-order valence-corrected chi connectivity index (χ3v) is 4.77. The van der Waals surface area contributed by atoms with E-state index < -0.39 is 35.0 Å². The molecular formula is C20H17ClF4N2O3. The van der Waals surface area contributed by atoms with Gasteiger partial charge in [0.1, 0.15) is 22.8 Å². The van der Waals surface area contributed by atoms with Crippen molar-refractivity contribution in [1.29, 1.82) is 0 Å². The number of hydrogen-bond donors (Lipinski definition) is 2. The van der Waals surface area contributed by atoms with Crippen molar-refractivity contribution in [1.82, 2.24) is 10.6 Å². The molecule has 3 rings (SSSR count). The van der Waals surface area contributed by atoms with Crippen LogP contribution in [0.15, 0.2) is 36.4 Å². The van der Waals surface area contributed by atoms with E-state index >= 15 is 0 Å². The summed E-state index contributed by atoms with van der Waals surface area (Å²) in [5, 5.41) is 5.01. The molecule has 0 radical (unpaired) electrons. The van der Waals surface area contributed by atoms with Gasteiger partial charge in [-0.15, -0.1) is 0 Å². The lowest BCUT2D eigenvalue weighted by atomic mass is 10.0. The van der Waals surface area contributed by atoms with Crippen molar-refractivity contribution in [3.05, 3.63) is 58.9 Å². The largest absolute Gasteiger partial charge is 0.456 e. The minimum Gasteiger partial charge on any atom is -0.456 e. The number of rotatable bonds is 4. The molecule has 2 N–H and O–H groups in total. The number of halogens is 5. The van der Waals surface area contributed by atoms with Crippen molar-refractivity contribution < 1.29 is 31.9 Å². The number of amides is 2. The van der Waals surface area contributed by atoms with Crippen LogP contribution in [0.1, 0.15) is 34.3 Å². The van der Waals surface area contributed by atoms with E-state index in [1.807, 2.05) is 0 Å². The van der Waals surface area contributed by atoms with Crippen molar-refractivity contribution in [2.45, 2.75) is 37.5 Å². The highest BCUT2D eigenvalue weighted by Gasteiger charge is 2.33. The summed E-state index contributed by atoms with van der Waals surface area (Å²) >= 11 is 5.90. The van der Waals surface area contributed by atoms with Gasteiger partial charge < -0.3 is 15.4 Å². The van der Waals surface area contributed by atoms with Gasteiger partial charge in [0, 0.05) is 18.9 Å². The van der Waals surface area contributed by atoms with Gasteiger partial charge in [-0.25, -0.2) is 4.39 Å². The number of carbonyl (C=O) groups excluding carboxylic acids is 2. The highest BCUT2D eigenvalue weighted by atomic mass is 35.5. The summed E-state index contributed by atoms with van der Waals surface area (Å²) < 4.78 is 58.5. The van der Waals surface area contributed by atoms with Gasteiger partial charge in [-0.1, -0.05) is 11.6 Å². The van der Waals surface area contributed by atoms with E-state index in [2.05, 4.69) is 10.6 Å². The lowest BCUT2D eigenvalue weighted by Crippen LogP contribution is -2.48. The van der Waals surface area contributed by atoms with E-state index in [0.29, 0.717) is 11.6 Å². The molecule has 1 fully saturated rings. The Kier molecular flexibility index (Phi) is 6.21. The van der Waals surface area contributed by atoms with Crippen LogP contribution in [-0.2, 0) is 11.0 Å². The topological polar surface area (TPSA) is 67.4 Å². The van der Waals surface area contributed by atoms with E-state index in [1.54, 1.807) is 6.92 Å². The quantitative estimate of drug-likeness (QED) is 0.414. The molecule has 1 aliphatic heterocycles. The van der Waals surface area contributed by atoms with Crippen LogP contribution < -0.4 is 15.4 Å². The first kappa shape index (κ1) is 21.9. The highest BCUT2D eigenvalue weighted by Crippen LogP contribution is 2.35. The Bertz CT molecular complexity index is 981. The summed E-state index contributed by atoms with van der Waals surface area (Å²) in [5.41, 5.74) is -1.70. The van der Waals surface area contributed by atoms with Gasteiger partial charge in [-0.2, -0.15) is 13.2 Å². The lowest BCUT2D eigenvalue weighted by molar-refractivity contribution is -0.137. The Labute approximate surface area is 174 Å². The highest BCUT2D eigenvalue weighted by molar-refractivity contribution is 6.21. The summed E-state index contributed by atoms with van der Waals surface area (Å²) in [6.07, 6.45) is -4.52. The molecule has 1 heterocycles. The van der Waals surface area contributed by atoms with Gasteiger partial charge in [-0.05, 0) is 48.9 Å². The fourth-order valence-corrected chi connectivity index (χ4v) is 3.38. The molecule has 2 amide bonds. The zero-order valence-corrected chi connectivity index (χ0v) is 16.4. The van der Waals surface area contributed by atoms with Crippen LogP contribution in [0.25, 0.3) is 0 Å². The van der Waals surface area contributed by atoms with Gasteiger partial charge in [-0.3, -0.25) is 9.59 Å². The van der Waals surface area contributed by atoms with E-state index in [-0.39, 0.29) is 35.8 Å². The maximum Gasteiger partial charge on any atom is 0.416 e. The van der Waals surface area contributed by atoms with Crippen molar-refractivity contribution >= 4 is 23.4 Å². The smallest absolute Gasteiger partial charge is 0.416 e. The molecule has 30 heavy (non-hydrogen) atoms. The minimum atomic E-state index is -4.68. The molecule has 1 saturated heterocycles. The van der Waals surface area contributed by atoms with E-state index in [0.717, 1.165) is 18.2 Å². The Morgan fingerprint density at radius 2 is 1.90 bits per heavy atom. The Morgan fingerprint density at radius 1 is 1.20 bits per heavy atom. The maximum absolute atomic E-state index is 13.3. The molecule has 0 aromatic heterocycles. The fourth-order valence-electron chi connectivity index (χ4n) is 3.04. The first-order valence-corrected chi connectivity index (χ1v) is 9.36. The van der Waals surface area contributed by atoms with Crippen LogP contribution in [0, 0.1) is 12.7 Å². The monoisotopic (exact) mass is 444 g/mol. The average molecular weight is 445 g/mol. The number of carbonyl (C=O) groups is 2. The van der Waals surface area contributed by atoms with E-state index in [9.17, 15) is 27.2 Å². The molecule has 2 unspecified atom stereocenters. The molecule has 2 atom stereocenters. The predicted octanol–water partition coefficient (Wildman–Crippen LogP) is 4.52. The molecule has 0 aliphatic carbocycles. The Hall–Kier alpha value is -2.81. The first-order chi connectivity index (χ1) is 14.0. The summed E-state index contributed by atoms with van der Waals surface area (Å²) in [4.78, 5) is 24.4. The predicted molar refractivity (Wildman–Crippen MR) is 101 cm³/mol. The number of piperidine rings is 1. The molecule has 160 valence electrons. The van der Waals surface area contributed by atoms with Gasteiger partial charge in [0.15, 0.2) is 0 Å². The Balaban J connectivity index is 1.93. The van der Waals surface area contributed by atoms with Crippen molar-refractivity contribution in [3.63, 3.8) is 0 Å². The third kappa shape index (κ3) is 5.21. The van der Waals surface area contributed by atoms with Crippen molar-refractivity contribution in [3.8, 4) is 11.5 Å². The summed E-state index contributed by atoms with van der Waals surface area (Å²) in [6.45, 7) is 1.56. The van der Waals surface area contributed by atoms with Crippen LogP contribution >= 0.6 is 11.6 Å². The Morgan fingerprint density at radius 3 is 2.53 bits per heavy atom. The fraction of sp³-hybridized carbons (Fsp3) is 0.300. The molecule has 2 aromatic rings. The summed E-state index contributed by atoms with van der Waals surface area (Å²) in [6, 6.07) is 5.47. The normalized spacial score (nSPS) is 19.2. The molecule has 2 aromatic carbocycles. The molecule has 1 aliphatic rings. The minimum absolute atomic E-state index is 0.0544. The molecule has 10 heteroatoms. The molecule has 5 nitrogen and oxygen atoms in total. The van der Waals surface area contributed by atoms with Crippen LogP contribution in [0.2, 0.25) is 0 Å². The average Bonchev–Trinajstić information content (AvgIpc) is 2.62. The van der Waals surface area contributed by atoms with Gasteiger partial charge in [0.25, 0.3) is 5.91 Å². The number of alkyl halides is 4. The lowest BCUT2D eigenvalue weighted by Gasteiger charge is -2.27. The second-order valence-electron chi connectivity index (χ2n) is 6.87. The zero-order valence-electron chi connectivity index (χ0n) is 15.6. The van der Waals surface area contributed by atoms with Crippen LogP contribution in [0.5, 0.6) is 11.5 Å². The van der Waals surface area contributed by atoms with Gasteiger partial charge in [0.05, 0.1) is 11.1 Å². The number of benzene rings is 2. The molecule has 0 saturated carbocycles. The third-order valence-electron chi connectivity index (χ3n) is 4.48. The zero-order chi connectivity index (χ0) is 22.1. The number of aryl methyl sites for hydroxylation is 1.